The third kappa shape index (κ3) is 5.28. The summed E-state index contributed by atoms with van der Waals surface area (Å²) in [5.41, 5.74) is -0.986. The number of hydrogen-bond donors (Lipinski definition) is 2. The lowest BCUT2D eigenvalue weighted by atomic mass is 10.1. The third-order valence-electron chi connectivity index (χ3n) is 3.82. The fourth-order valence-electron chi connectivity index (χ4n) is 2.49. The predicted octanol–water partition coefficient (Wildman–Crippen LogP) is 2.58. The number of nitriles is 1. The fraction of sp³-hybridized carbons (Fsp3) is 0.235. The molecule has 0 radical (unpaired) electrons. The second-order valence-electron chi connectivity index (χ2n) is 5.64. The number of non-ortho nitro benzene ring substituents is 1. The van der Waals surface area contributed by atoms with Crippen LogP contribution in [0.3, 0.4) is 0 Å². The number of anilines is 1. The smallest absolute Gasteiger partial charge is 0.304 e. The first-order chi connectivity index (χ1) is 13.9. The summed E-state index contributed by atoms with van der Waals surface area (Å²) in [5, 5.41) is 57.1. The molecular formula is C17H16N6O6. The molecule has 12 heteroatoms. The van der Waals surface area contributed by atoms with E-state index in [1.807, 2.05) is 0 Å². The van der Waals surface area contributed by atoms with Gasteiger partial charge in [0, 0.05) is 24.8 Å². The molecule has 0 aliphatic rings. The Morgan fingerprint density at radius 1 is 1.00 bits per heavy atom. The van der Waals surface area contributed by atoms with Crippen molar-refractivity contribution in [1.82, 2.24) is 0 Å². The summed E-state index contributed by atoms with van der Waals surface area (Å²) in [7, 11) is 0. The van der Waals surface area contributed by atoms with Gasteiger partial charge in [-0.25, -0.2) is 0 Å². The van der Waals surface area contributed by atoms with E-state index in [1.165, 1.54) is 0 Å². The van der Waals surface area contributed by atoms with E-state index >= 15 is 0 Å². The van der Waals surface area contributed by atoms with E-state index in [2.05, 4.69) is 10.2 Å². The quantitative estimate of drug-likeness (QED) is 0.366. The molecule has 0 saturated carbocycles. The highest BCUT2D eigenvalue weighted by Crippen LogP contribution is 2.36. The van der Waals surface area contributed by atoms with Crippen molar-refractivity contribution in [3.63, 3.8) is 0 Å². The molecule has 0 aliphatic carbocycles. The van der Waals surface area contributed by atoms with Crippen LogP contribution in [0.15, 0.2) is 46.6 Å². The number of rotatable bonds is 9. The van der Waals surface area contributed by atoms with Gasteiger partial charge >= 0.3 is 5.69 Å². The minimum absolute atomic E-state index is 0.0950. The Bertz CT molecular complexity index is 964. The highest BCUT2D eigenvalue weighted by atomic mass is 16.6. The SMILES string of the molecule is N#Cc1cc([N+](=O)[O-])cc([N+](=O)[O-])c1N=Nc1ccc(N(CCO)CCO)cc1. The molecule has 2 rings (SSSR count). The van der Waals surface area contributed by atoms with Crippen molar-refractivity contribution in [2.24, 2.45) is 10.2 Å². The first-order valence-electron chi connectivity index (χ1n) is 8.26. The number of hydrogen-bond acceptors (Lipinski definition) is 10. The van der Waals surface area contributed by atoms with E-state index < -0.39 is 21.2 Å². The molecule has 0 unspecified atom stereocenters. The lowest BCUT2D eigenvalue weighted by molar-refractivity contribution is -0.393. The molecule has 2 N–H and O–H groups in total. The summed E-state index contributed by atoms with van der Waals surface area (Å²) in [6.07, 6.45) is 0. The summed E-state index contributed by atoms with van der Waals surface area (Å²) >= 11 is 0. The molecule has 0 amide bonds. The van der Waals surface area contributed by atoms with Gasteiger partial charge in [0.05, 0.1) is 40.4 Å². The van der Waals surface area contributed by atoms with Gasteiger partial charge in [0.25, 0.3) is 5.69 Å². The maximum atomic E-state index is 11.2. The Labute approximate surface area is 164 Å². The number of nitrogens with zero attached hydrogens (tertiary/aromatic N) is 6. The molecule has 0 spiro atoms. The van der Waals surface area contributed by atoms with E-state index in [9.17, 15) is 25.5 Å². The maximum Gasteiger partial charge on any atom is 0.304 e. The first kappa shape index (κ1) is 21.4. The summed E-state index contributed by atoms with van der Waals surface area (Å²) in [6.45, 7) is 0.453. The van der Waals surface area contributed by atoms with Crippen molar-refractivity contribution in [1.29, 1.82) is 5.26 Å². The van der Waals surface area contributed by atoms with Gasteiger partial charge in [-0.05, 0) is 24.3 Å². The minimum Gasteiger partial charge on any atom is -0.395 e. The van der Waals surface area contributed by atoms with Crippen LogP contribution in [0.2, 0.25) is 0 Å². The Hall–Kier alpha value is -3.95. The van der Waals surface area contributed by atoms with Gasteiger partial charge in [-0.2, -0.15) is 10.4 Å². The van der Waals surface area contributed by atoms with Gasteiger partial charge in [-0.1, -0.05) is 0 Å². The van der Waals surface area contributed by atoms with Crippen LogP contribution in [0, 0.1) is 31.6 Å². The van der Waals surface area contributed by atoms with Gasteiger partial charge in [0.1, 0.15) is 6.07 Å². The maximum absolute atomic E-state index is 11.2. The minimum atomic E-state index is -0.868. The summed E-state index contributed by atoms with van der Waals surface area (Å²) in [6, 6.07) is 9.72. The molecular weight excluding hydrogens is 384 g/mol. The number of nitro benzene ring substituents is 2. The Morgan fingerprint density at radius 3 is 2.10 bits per heavy atom. The molecule has 0 aromatic heterocycles. The molecule has 0 atom stereocenters. The highest BCUT2D eigenvalue weighted by Gasteiger charge is 2.24. The van der Waals surface area contributed by atoms with Crippen molar-refractivity contribution in [3.05, 3.63) is 62.2 Å². The Balaban J connectivity index is 2.37. The van der Waals surface area contributed by atoms with Crippen molar-refractivity contribution >= 4 is 28.4 Å². The van der Waals surface area contributed by atoms with Crippen LogP contribution in [-0.2, 0) is 0 Å². The lowest BCUT2D eigenvalue weighted by Crippen LogP contribution is -2.29. The second kappa shape index (κ2) is 9.83. The van der Waals surface area contributed by atoms with E-state index in [1.54, 1.807) is 35.2 Å². The topological polar surface area (TPSA) is 178 Å². The van der Waals surface area contributed by atoms with Gasteiger partial charge in [0.2, 0.25) is 0 Å². The van der Waals surface area contributed by atoms with Crippen LogP contribution in [0.4, 0.5) is 28.4 Å². The van der Waals surface area contributed by atoms with Gasteiger partial charge in [-0.15, -0.1) is 5.11 Å². The van der Waals surface area contributed by atoms with E-state index in [0.29, 0.717) is 24.5 Å². The van der Waals surface area contributed by atoms with Crippen LogP contribution < -0.4 is 4.90 Å². The zero-order chi connectivity index (χ0) is 21.4. The fourth-order valence-corrected chi connectivity index (χ4v) is 2.49. The number of nitro groups is 2. The second-order valence-corrected chi connectivity index (χ2v) is 5.64. The molecule has 12 nitrogen and oxygen atoms in total. The number of benzene rings is 2. The average Bonchev–Trinajstić information content (AvgIpc) is 2.71. The van der Waals surface area contributed by atoms with Crippen LogP contribution in [0.25, 0.3) is 0 Å². The molecule has 0 bridgehead atoms. The van der Waals surface area contributed by atoms with Crippen molar-refractivity contribution in [3.8, 4) is 6.07 Å². The lowest BCUT2D eigenvalue weighted by Gasteiger charge is -2.22. The summed E-state index contributed by atoms with van der Waals surface area (Å²) in [5.74, 6) is 0. The molecule has 0 saturated heterocycles. The Morgan fingerprint density at radius 2 is 1.62 bits per heavy atom. The van der Waals surface area contributed by atoms with E-state index in [0.717, 1.165) is 12.1 Å². The third-order valence-corrected chi connectivity index (χ3v) is 3.82. The largest absolute Gasteiger partial charge is 0.395 e. The Kier molecular flexibility index (Phi) is 7.24. The zero-order valence-corrected chi connectivity index (χ0v) is 15.0. The normalized spacial score (nSPS) is 10.7. The van der Waals surface area contributed by atoms with Gasteiger partial charge in [-0.3, -0.25) is 20.2 Å². The van der Waals surface area contributed by atoms with E-state index in [4.69, 9.17) is 10.2 Å². The van der Waals surface area contributed by atoms with Gasteiger partial charge in [0.15, 0.2) is 5.69 Å². The van der Waals surface area contributed by atoms with Crippen LogP contribution in [0.5, 0.6) is 0 Å². The van der Waals surface area contributed by atoms with Crippen LogP contribution in [-0.4, -0.2) is 46.4 Å². The van der Waals surface area contributed by atoms with Crippen LogP contribution in [0.1, 0.15) is 5.56 Å². The van der Waals surface area contributed by atoms with E-state index in [-0.39, 0.29) is 24.5 Å². The molecule has 29 heavy (non-hydrogen) atoms. The molecule has 2 aromatic carbocycles. The van der Waals surface area contributed by atoms with Crippen LogP contribution >= 0.6 is 0 Å². The summed E-state index contributed by atoms with van der Waals surface area (Å²) < 4.78 is 0. The number of azo groups is 1. The first-order valence-corrected chi connectivity index (χ1v) is 8.26. The number of aliphatic hydroxyl groups is 2. The predicted molar refractivity (Wildman–Crippen MR) is 101 cm³/mol. The summed E-state index contributed by atoms with van der Waals surface area (Å²) in [4.78, 5) is 22.2. The average molecular weight is 400 g/mol. The van der Waals surface area contributed by atoms with Crippen molar-refractivity contribution in [2.45, 2.75) is 0 Å². The standard InChI is InChI=1S/C17H16N6O6/c18-11-12-9-15(22(26)27)10-16(23(28)29)17(12)20-19-13-1-3-14(4-2-13)21(5-7-24)6-8-25/h1-4,9-10,24-25H,5-8H2. The van der Waals surface area contributed by atoms with Crippen molar-refractivity contribution < 1.29 is 20.1 Å². The number of aliphatic hydroxyl groups excluding tert-OH is 2. The molecule has 2 aromatic rings. The molecule has 0 aliphatic heterocycles. The molecule has 150 valence electrons. The molecule has 0 heterocycles. The highest BCUT2D eigenvalue weighted by molar-refractivity contribution is 5.70. The van der Waals surface area contributed by atoms with Crippen molar-refractivity contribution in [2.75, 3.05) is 31.2 Å². The van der Waals surface area contributed by atoms with Gasteiger partial charge < -0.3 is 15.1 Å². The monoisotopic (exact) mass is 400 g/mol. The molecule has 0 fully saturated rings. The zero-order valence-electron chi connectivity index (χ0n) is 15.0.